The van der Waals surface area contributed by atoms with Crippen molar-refractivity contribution in [3.05, 3.63) is 139 Å². The normalized spacial score (nSPS) is 11.9. The second kappa shape index (κ2) is 9.11. The molecule has 6 aromatic rings. The number of aromatic amines is 1. The number of hydrogen-bond donors (Lipinski definition) is 1. The lowest BCUT2D eigenvalue weighted by Gasteiger charge is -2.03. The Bertz CT molecular complexity index is 2100. The van der Waals surface area contributed by atoms with Gasteiger partial charge in [-0.3, -0.25) is 0 Å². The first-order chi connectivity index (χ1) is 19.8. The van der Waals surface area contributed by atoms with Gasteiger partial charge in [-0.15, -0.1) is 0 Å². The lowest BCUT2D eigenvalue weighted by molar-refractivity contribution is 0.668. The largest absolute Gasteiger partial charge is 0.456 e. The molecule has 0 saturated heterocycles. The summed E-state index contributed by atoms with van der Waals surface area (Å²) in [4.78, 5) is 8.75. The minimum atomic E-state index is 0.783. The van der Waals surface area contributed by atoms with Crippen molar-refractivity contribution in [1.29, 1.82) is 0 Å². The van der Waals surface area contributed by atoms with Crippen LogP contribution in [0.15, 0.2) is 132 Å². The van der Waals surface area contributed by atoms with Crippen LogP contribution in [0, 0.1) is 0 Å². The highest BCUT2D eigenvalue weighted by Crippen LogP contribution is 2.40. The molecule has 3 nitrogen and oxygen atoms in total. The lowest BCUT2D eigenvalue weighted by Crippen LogP contribution is -1.83. The van der Waals surface area contributed by atoms with Crippen molar-refractivity contribution in [3.8, 4) is 44.5 Å². The van der Waals surface area contributed by atoms with E-state index in [1.165, 1.54) is 16.7 Å². The van der Waals surface area contributed by atoms with E-state index in [-0.39, 0.29) is 0 Å². The molecule has 1 N–H and O–H groups in total. The Hall–Kier alpha value is -5.41. The van der Waals surface area contributed by atoms with Crippen LogP contribution in [0.1, 0.15) is 11.4 Å². The summed E-state index contributed by atoms with van der Waals surface area (Å²) in [7, 11) is 0. The molecule has 1 aliphatic carbocycles. The standard InChI is InChI=1S/C37H24N2O/c1-3-9-24(10-4-1)36-32-17-15-28(38-32)22-26-21-27(31-14-8-7-13-30(26)31)23-29-16-18-33(39-29)37(25-11-5-2-6-12-25)35-20-19-34(36)40-35/h1-23,38H. The van der Waals surface area contributed by atoms with E-state index in [2.05, 4.69) is 132 Å². The van der Waals surface area contributed by atoms with Crippen molar-refractivity contribution < 1.29 is 4.42 Å². The summed E-state index contributed by atoms with van der Waals surface area (Å²) < 4.78 is 6.69. The van der Waals surface area contributed by atoms with Gasteiger partial charge in [-0.1, -0.05) is 84.9 Å². The summed E-state index contributed by atoms with van der Waals surface area (Å²) in [5.41, 5.74) is 14.3. The minimum Gasteiger partial charge on any atom is -0.456 e. The smallest absolute Gasteiger partial charge is 0.137 e. The van der Waals surface area contributed by atoms with E-state index in [4.69, 9.17) is 9.40 Å². The third-order valence-corrected chi connectivity index (χ3v) is 7.59. The molecule has 3 aromatic heterocycles. The zero-order valence-corrected chi connectivity index (χ0v) is 21.6. The van der Waals surface area contributed by atoms with Crippen LogP contribution in [0.5, 0.6) is 0 Å². The second-order valence-electron chi connectivity index (χ2n) is 10.1. The molecule has 0 radical (unpaired) electrons. The van der Waals surface area contributed by atoms with Crippen molar-refractivity contribution in [2.24, 2.45) is 0 Å². The zero-order valence-electron chi connectivity index (χ0n) is 21.6. The van der Waals surface area contributed by atoms with Gasteiger partial charge in [-0.05, 0) is 88.0 Å². The SMILES string of the molecule is C1=Cc2nc1cc1cc(cc3ccc([nH]3)c(-c3ccccc3)c3ccc(o3)c2-c2ccccc2)-c2ccccc2-1. The average Bonchev–Trinajstić information content (AvgIpc) is 3.80. The lowest BCUT2D eigenvalue weighted by atomic mass is 10.0. The van der Waals surface area contributed by atoms with Crippen molar-refractivity contribution in [2.45, 2.75) is 0 Å². The Labute approximate surface area is 231 Å². The van der Waals surface area contributed by atoms with Crippen molar-refractivity contribution in [1.82, 2.24) is 9.97 Å². The number of furan rings is 1. The molecule has 40 heavy (non-hydrogen) atoms. The van der Waals surface area contributed by atoms with Gasteiger partial charge < -0.3 is 9.40 Å². The maximum Gasteiger partial charge on any atom is 0.137 e. The molecule has 3 aromatic carbocycles. The highest BCUT2D eigenvalue weighted by Gasteiger charge is 2.16. The molecule has 0 unspecified atom stereocenters. The fourth-order valence-electron chi connectivity index (χ4n) is 5.78. The number of H-pyrrole nitrogens is 1. The van der Waals surface area contributed by atoms with Crippen LogP contribution >= 0.6 is 0 Å². The van der Waals surface area contributed by atoms with Gasteiger partial charge in [0.05, 0.1) is 22.5 Å². The summed E-state index contributed by atoms with van der Waals surface area (Å²) in [6.45, 7) is 0. The fraction of sp³-hybridized carbons (Fsp3) is 0. The predicted octanol–water partition coefficient (Wildman–Crippen LogP) is 10.0. The van der Waals surface area contributed by atoms with Crippen LogP contribution in [0.3, 0.4) is 0 Å². The number of aromatic nitrogens is 2. The monoisotopic (exact) mass is 512 g/mol. The molecule has 2 aliphatic rings. The average molecular weight is 513 g/mol. The Kier molecular flexibility index (Phi) is 5.14. The Balaban J connectivity index is 1.54. The topological polar surface area (TPSA) is 41.8 Å². The molecular formula is C37H24N2O. The van der Waals surface area contributed by atoms with Gasteiger partial charge in [-0.25, -0.2) is 4.98 Å². The van der Waals surface area contributed by atoms with Crippen LogP contribution < -0.4 is 0 Å². The van der Waals surface area contributed by atoms with Gasteiger partial charge in [0.1, 0.15) is 11.2 Å². The second-order valence-corrected chi connectivity index (χ2v) is 10.1. The number of benzene rings is 3. The molecule has 8 rings (SSSR count). The number of hydrogen-bond acceptors (Lipinski definition) is 2. The molecule has 0 spiro atoms. The van der Waals surface area contributed by atoms with Gasteiger partial charge >= 0.3 is 0 Å². The fourth-order valence-corrected chi connectivity index (χ4v) is 5.78. The highest BCUT2D eigenvalue weighted by molar-refractivity contribution is 5.96. The van der Waals surface area contributed by atoms with Crippen LogP contribution in [0.4, 0.5) is 0 Å². The summed E-state index contributed by atoms with van der Waals surface area (Å²) in [6.07, 6.45) is 4.18. The van der Waals surface area contributed by atoms with Gasteiger partial charge in [0, 0.05) is 11.1 Å². The molecule has 0 saturated carbocycles. The van der Waals surface area contributed by atoms with Crippen molar-refractivity contribution in [3.63, 3.8) is 0 Å². The number of rotatable bonds is 2. The third kappa shape index (κ3) is 3.79. The Morgan fingerprint density at radius 1 is 0.500 bits per heavy atom. The Morgan fingerprint density at radius 2 is 1.12 bits per heavy atom. The van der Waals surface area contributed by atoms with Crippen LogP contribution in [0.25, 0.3) is 78.9 Å². The first-order valence-corrected chi connectivity index (χ1v) is 13.5. The van der Waals surface area contributed by atoms with E-state index >= 15 is 0 Å². The van der Waals surface area contributed by atoms with Gasteiger partial charge in [0.15, 0.2) is 0 Å². The predicted molar refractivity (Wildman–Crippen MR) is 165 cm³/mol. The van der Waals surface area contributed by atoms with E-state index in [9.17, 15) is 0 Å². The molecule has 0 amide bonds. The highest BCUT2D eigenvalue weighted by atomic mass is 16.3. The quantitative estimate of drug-likeness (QED) is 0.250. The maximum absolute atomic E-state index is 6.69. The first kappa shape index (κ1) is 22.6. The molecule has 188 valence electrons. The van der Waals surface area contributed by atoms with Crippen LogP contribution in [-0.4, -0.2) is 9.97 Å². The minimum absolute atomic E-state index is 0.783. The Morgan fingerprint density at radius 3 is 1.85 bits per heavy atom. The van der Waals surface area contributed by atoms with Crippen LogP contribution in [-0.2, 0) is 0 Å². The molecular weight excluding hydrogens is 488 g/mol. The molecule has 1 aliphatic heterocycles. The number of nitrogens with zero attached hydrogens (tertiary/aromatic N) is 1. The third-order valence-electron chi connectivity index (χ3n) is 7.59. The summed E-state index contributed by atoms with van der Waals surface area (Å²) in [6, 6.07) is 44.4. The molecule has 0 fully saturated rings. The molecule has 3 heteroatoms. The zero-order chi connectivity index (χ0) is 26.5. The summed E-state index contributed by atoms with van der Waals surface area (Å²) in [5, 5.41) is 0. The van der Waals surface area contributed by atoms with Gasteiger partial charge in [0.2, 0.25) is 0 Å². The summed E-state index contributed by atoms with van der Waals surface area (Å²) >= 11 is 0. The van der Waals surface area contributed by atoms with Crippen LogP contribution in [0.2, 0.25) is 0 Å². The van der Waals surface area contributed by atoms with Crippen molar-refractivity contribution >= 4 is 34.4 Å². The number of nitrogens with one attached hydrogen (secondary N) is 1. The maximum atomic E-state index is 6.69. The molecule has 4 heterocycles. The van der Waals surface area contributed by atoms with E-state index < -0.39 is 0 Å². The summed E-state index contributed by atoms with van der Waals surface area (Å²) in [5.74, 6) is 0. The first-order valence-electron chi connectivity index (χ1n) is 13.5. The van der Waals surface area contributed by atoms with E-state index in [1.807, 2.05) is 12.1 Å². The molecule has 0 atom stereocenters. The van der Waals surface area contributed by atoms with E-state index in [0.717, 1.165) is 61.4 Å². The van der Waals surface area contributed by atoms with Gasteiger partial charge in [0.25, 0.3) is 0 Å². The van der Waals surface area contributed by atoms with Gasteiger partial charge in [-0.2, -0.15) is 0 Å². The van der Waals surface area contributed by atoms with E-state index in [1.54, 1.807) is 0 Å². The number of fused-ring (bicyclic) bond motifs is 11. The molecule has 8 bridgehead atoms. The van der Waals surface area contributed by atoms with Crippen molar-refractivity contribution in [2.75, 3.05) is 0 Å². The van der Waals surface area contributed by atoms with E-state index in [0.29, 0.717) is 0 Å².